The van der Waals surface area contributed by atoms with Crippen LogP contribution in [0.25, 0.3) is 0 Å². The van der Waals surface area contributed by atoms with Crippen LogP contribution in [0.5, 0.6) is 11.5 Å². The van der Waals surface area contributed by atoms with Crippen LogP contribution in [0.4, 0.5) is 0 Å². The van der Waals surface area contributed by atoms with Gasteiger partial charge in [0.15, 0.2) is 11.5 Å². The fourth-order valence-corrected chi connectivity index (χ4v) is 1.78. The van der Waals surface area contributed by atoms with Crippen molar-refractivity contribution in [1.82, 2.24) is 5.32 Å². The van der Waals surface area contributed by atoms with E-state index >= 15 is 0 Å². The minimum Gasteiger partial charge on any atom is -0.504 e. The summed E-state index contributed by atoms with van der Waals surface area (Å²) in [6, 6.07) is 4.77. The number of benzene rings is 1. The van der Waals surface area contributed by atoms with E-state index in [9.17, 15) is 15.3 Å². The Morgan fingerprint density at radius 1 is 1.24 bits per heavy atom. The molecule has 17 heavy (non-hydrogen) atoms. The van der Waals surface area contributed by atoms with E-state index in [1.807, 2.05) is 20.8 Å². The van der Waals surface area contributed by atoms with Crippen LogP contribution >= 0.6 is 0 Å². The van der Waals surface area contributed by atoms with E-state index in [-0.39, 0.29) is 29.7 Å². The predicted molar refractivity (Wildman–Crippen MR) is 67.1 cm³/mol. The Balaban J connectivity index is 2.91. The van der Waals surface area contributed by atoms with E-state index < -0.39 is 0 Å². The SMILES string of the molecule is CCC(CO)NC(C)(C)c1ccc(O)c(O)c1. The molecule has 1 aromatic rings. The van der Waals surface area contributed by atoms with Gasteiger partial charge in [0, 0.05) is 11.6 Å². The molecule has 4 N–H and O–H groups in total. The Morgan fingerprint density at radius 3 is 2.35 bits per heavy atom. The minimum absolute atomic E-state index is 0.0148. The van der Waals surface area contributed by atoms with Gasteiger partial charge in [0.1, 0.15) is 0 Å². The van der Waals surface area contributed by atoms with Crippen molar-refractivity contribution >= 4 is 0 Å². The number of hydrogen-bond donors (Lipinski definition) is 4. The second kappa shape index (κ2) is 5.38. The van der Waals surface area contributed by atoms with Crippen molar-refractivity contribution < 1.29 is 15.3 Å². The topological polar surface area (TPSA) is 72.7 Å². The number of phenolic OH excluding ortho intramolecular Hbond substituents is 2. The highest BCUT2D eigenvalue weighted by Gasteiger charge is 2.24. The van der Waals surface area contributed by atoms with Gasteiger partial charge in [-0.05, 0) is 38.0 Å². The molecule has 0 fully saturated rings. The Morgan fingerprint density at radius 2 is 1.88 bits per heavy atom. The summed E-state index contributed by atoms with van der Waals surface area (Å²) >= 11 is 0. The molecular formula is C13H21NO3. The van der Waals surface area contributed by atoms with Gasteiger partial charge in [-0.2, -0.15) is 0 Å². The lowest BCUT2D eigenvalue weighted by Gasteiger charge is -2.31. The molecule has 0 spiro atoms. The third-order valence-corrected chi connectivity index (χ3v) is 2.98. The summed E-state index contributed by atoms with van der Waals surface area (Å²) in [5.41, 5.74) is 0.480. The van der Waals surface area contributed by atoms with Crippen molar-refractivity contribution in [3.05, 3.63) is 23.8 Å². The van der Waals surface area contributed by atoms with Crippen molar-refractivity contribution in [2.75, 3.05) is 6.61 Å². The molecular weight excluding hydrogens is 218 g/mol. The first-order chi connectivity index (χ1) is 7.90. The molecule has 1 unspecified atom stereocenters. The smallest absolute Gasteiger partial charge is 0.157 e. The molecule has 96 valence electrons. The van der Waals surface area contributed by atoms with Crippen molar-refractivity contribution in [3.8, 4) is 11.5 Å². The molecule has 1 aromatic carbocycles. The van der Waals surface area contributed by atoms with E-state index in [1.54, 1.807) is 6.07 Å². The maximum absolute atomic E-state index is 9.48. The van der Waals surface area contributed by atoms with Gasteiger partial charge in [0.2, 0.25) is 0 Å². The minimum atomic E-state index is -0.380. The van der Waals surface area contributed by atoms with Gasteiger partial charge in [-0.25, -0.2) is 0 Å². The molecule has 0 aliphatic rings. The first-order valence-corrected chi connectivity index (χ1v) is 5.81. The highest BCUT2D eigenvalue weighted by Crippen LogP contribution is 2.30. The summed E-state index contributed by atoms with van der Waals surface area (Å²) in [5, 5.41) is 31.3. The molecule has 0 radical (unpaired) electrons. The Kier molecular flexibility index (Phi) is 4.37. The van der Waals surface area contributed by atoms with Crippen LogP contribution in [0.1, 0.15) is 32.8 Å². The van der Waals surface area contributed by atoms with Gasteiger partial charge in [-0.1, -0.05) is 13.0 Å². The second-order valence-electron chi connectivity index (χ2n) is 4.76. The van der Waals surface area contributed by atoms with Gasteiger partial charge in [0.05, 0.1) is 6.61 Å². The van der Waals surface area contributed by atoms with Gasteiger partial charge < -0.3 is 20.6 Å². The molecule has 1 rings (SSSR count). The van der Waals surface area contributed by atoms with Gasteiger partial charge in [-0.3, -0.25) is 0 Å². The summed E-state index contributed by atoms with van der Waals surface area (Å²) < 4.78 is 0. The van der Waals surface area contributed by atoms with Crippen LogP contribution in [0.3, 0.4) is 0 Å². The molecule has 0 aliphatic heterocycles. The quantitative estimate of drug-likeness (QED) is 0.590. The first-order valence-electron chi connectivity index (χ1n) is 5.81. The summed E-state index contributed by atoms with van der Waals surface area (Å²) in [7, 11) is 0. The Bertz CT molecular complexity index is 373. The van der Waals surface area contributed by atoms with Crippen molar-refractivity contribution in [1.29, 1.82) is 0 Å². The highest BCUT2D eigenvalue weighted by molar-refractivity contribution is 5.42. The summed E-state index contributed by atoms with van der Waals surface area (Å²) in [6.07, 6.45) is 0.823. The van der Waals surface area contributed by atoms with Crippen molar-refractivity contribution in [2.45, 2.75) is 38.8 Å². The van der Waals surface area contributed by atoms with Crippen LogP contribution in [-0.2, 0) is 5.54 Å². The fourth-order valence-electron chi connectivity index (χ4n) is 1.78. The highest BCUT2D eigenvalue weighted by atomic mass is 16.3. The molecule has 0 aliphatic carbocycles. The lowest BCUT2D eigenvalue weighted by molar-refractivity contribution is 0.206. The third-order valence-electron chi connectivity index (χ3n) is 2.98. The molecule has 0 heterocycles. The largest absolute Gasteiger partial charge is 0.504 e. The van der Waals surface area contributed by atoms with E-state index in [2.05, 4.69) is 5.32 Å². The molecule has 0 bridgehead atoms. The summed E-state index contributed by atoms with van der Waals surface area (Å²) in [4.78, 5) is 0. The zero-order chi connectivity index (χ0) is 13.1. The average Bonchev–Trinajstić information content (AvgIpc) is 2.29. The molecule has 0 amide bonds. The molecule has 0 saturated heterocycles. The number of aliphatic hydroxyl groups is 1. The van der Waals surface area contributed by atoms with Crippen molar-refractivity contribution in [2.24, 2.45) is 0 Å². The first kappa shape index (κ1) is 13.8. The number of aromatic hydroxyl groups is 2. The van der Waals surface area contributed by atoms with Crippen LogP contribution in [-0.4, -0.2) is 28.0 Å². The number of hydrogen-bond acceptors (Lipinski definition) is 4. The molecule has 4 heteroatoms. The van der Waals surface area contributed by atoms with Gasteiger partial charge in [-0.15, -0.1) is 0 Å². The normalized spacial score (nSPS) is 13.6. The predicted octanol–water partition coefficient (Wildman–Crippen LogP) is 1.69. The van der Waals surface area contributed by atoms with E-state index in [0.29, 0.717) is 0 Å². The maximum Gasteiger partial charge on any atom is 0.157 e. The lowest BCUT2D eigenvalue weighted by Crippen LogP contribution is -2.45. The zero-order valence-electron chi connectivity index (χ0n) is 10.6. The van der Waals surface area contributed by atoms with E-state index in [0.717, 1.165) is 12.0 Å². The lowest BCUT2D eigenvalue weighted by atomic mass is 9.92. The summed E-state index contributed by atoms with van der Waals surface area (Å²) in [5.74, 6) is -0.256. The molecule has 0 saturated carbocycles. The van der Waals surface area contributed by atoms with Crippen molar-refractivity contribution in [3.63, 3.8) is 0 Å². The Labute approximate surface area is 102 Å². The van der Waals surface area contributed by atoms with Crippen LogP contribution < -0.4 is 5.32 Å². The monoisotopic (exact) mass is 239 g/mol. The van der Waals surface area contributed by atoms with Crippen LogP contribution in [0.2, 0.25) is 0 Å². The zero-order valence-corrected chi connectivity index (χ0v) is 10.6. The molecule has 1 atom stereocenters. The third kappa shape index (κ3) is 3.35. The van der Waals surface area contributed by atoms with Crippen LogP contribution in [0.15, 0.2) is 18.2 Å². The number of aliphatic hydroxyl groups excluding tert-OH is 1. The van der Waals surface area contributed by atoms with Gasteiger partial charge in [0.25, 0.3) is 0 Å². The van der Waals surface area contributed by atoms with E-state index in [4.69, 9.17) is 0 Å². The standard InChI is InChI=1S/C13H21NO3/c1-4-10(8-15)14-13(2,3)9-5-6-11(16)12(17)7-9/h5-7,10,14-17H,4,8H2,1-3H3. The van der Waals surface area contributed by atoms with E-state index in [1.165, 1.54) is 12.1 Å². The number of nitrogens with one attached hydrogen (secondary N) is 1. The molecule has 0 aromatic heterocycles. The Hall–Kier alpha value is -1.26. The number of phenols is 2. The summed E-state index contributed by atoms with van der Waals surface area (Å²) in [6.45, 7) is 6.01. The second-order valence-corrected chi connectivity index (χ2v) is 4.76. The average molecular weight is 239 g/mol. The van der Waals surface area contributed by atoms with Gasteiger partial charge >= 0.3 is 0 Å². The fraction of sp³-hybridized carbons (Fsp3) is 0.538. The molecule has 4 nitrogen and oxygen atoms in total. The van der Waals surface area contributed by atoms with Crippen LogP contribution in [0, 0.1) is 0 Å². The maximum atomic E-state index is 9.48. The number of rotatable bonds is 5.